The number of aromatic hydroxyl groups is 2. The molecule has 164 valence electrons. The number of nitrogens with zero attached hydrogens (tertiary/aromatic N) is 1. The van der Waals surface area contributed by atoms with Crippen LogP contribution in [-0.2, 0) is 16.0 Å². The number of fused-ring (bicyclic) bond motifs is 3. The maximum atomic E-state index is 13.6. The monoisotopic (exact) mass is 428 g/mol. The molecule has 2 aliphatic rings. The quantitative estimate of drug-likeness (QED) is 0.405. The van der Waals surface area contributed by atoms with Gasteiger partial charge < -0.3 is 31.1 Å². The van der Waals surface area contributed by atoms with Crippen molar-refractivity contribution in [1.29, 1.82) is 0 Å². The van der Waals surface area contributed by atoms with Crippen molar-refractivity contribution in [3.63, 3.8) is 0 Å². The molecule has 2 aromatic rings. The summed E-state index contributed by atoms with van der Waals surface area (Å²) in [6, 6.07) is 3.71. The summed E-state index contributed by atoms with van der Waals surface area (Å²) in [5.74, 6) is -7.05. The van der Waals surface area contributed by atoms with Crippen molar-refractivity contribution in [3.8, 4) is 11.5 Å². The van der Waals surface area contributed by atoms with Crippen LogP contribution >= 0.6 is 0 Å². The van der Waals surface area contributed by atoms with Crippen LogP contribution in [0.2, 0.25) is 0 Å². The van der Waals surface area contributed by atoms with Gasteiger partial charge in [0.1, 0.15) is 17.4 Å². The van der Waals surface area contributed by atoms with E-state index in [4.69, 9.17) is 5.73 Å². The number of Topliss-reactive ketones (excluding diaryl/α,β-unsaturated/α-hetero) is 2. The van der Waals surface area contributed by atoms with E-state index in [1.807, 2.05) is 0 Å². The lowest BCUT2D eigenvalue weighted by atomic mass is 9.57. The van der Waals surface area contributed by atoms with Gasteiger partial charge in [-0.25, -0.2) is 0 Å². The van der Waals surface area contributed by atoms with Crippen LogP contribution in [0.5, 0.6) is 11.5 Å². The number of phenols is 2. The molecule has 9 heteroatoms. The molecule has 0 radical (unpaired) electrons. The van der Waals surface area contributed by atoms with Crippen LogP contribution in [0.1, 0.15) is 21.5 Å². The zero-order valence-electron chi connectivity index (χ0n) is 17.3. The molecule has 2 aromatic carbocycles. The number of nitrogens with two attached hydrogens (primary N) is 1. The van der Waals surface area contributed by atoms with Gasteiger partial charge in [-0.3, -0.25) is 14.4 Å². The van der Waals surface area contributed by atoms with E-state index in [9.17, 15) is 34.8 Å². The van der Waals surface area contributed by atoms with E-state index in [-0.39, 0.29) is 23.1 Å². The van der Waals surface area contributed by atoms with Gasteiger partial charge in [0.25, 0.3) is 0 Å². The van der Waals surface area contributed by atoms with Gasteiger partial charge in [0.15, 0.2) is 11.4 Å². The van der Waals surface area contributed by atoms with Gasteiger partial charge >= 0.3 is 0 Å². The van der Waals surface area contributed by atoms with Crippen LogP contribution < -0.4 is 5.73 Å². The van der Waals surface area contributed by atoms with Crippen LogP contribution in [0.15, 0.2) is 18.2 Å². The van der Waals surface area contributed by atoms with Crippen LogP contribution in [0, 0.1) is 18.8 Å². The van der Waals surface area contributed by atoms with E-state index < -0.39 is 52.8 Å². The molecule has 5 atom stereocenters. The Hall–Kier alpha value is -3.01. The molecule has 1 fully saturated rings. The summed E-state index contributed by atoms with van der Waals surface area (Å²) in [6.07, 6.45) is -1.53. The number of aryl methyl sites for hydroxylation is 1. The highest BCUT2D eigenvalue weighted by molar-refractivity contribution is 6.26. The number of hydrogen-bond donors (Lipinski definition) is 5. The van der Waals surface area contributed by atoms with Gasteiger partial charge in [0, 0.05) is 12.0 Å². The van der Waals surface area contributed by atoms with Crippen molar-refractivity contribution in [2.24, 2.45) is 17.6 Å². The van der Waals surface area contributed by atoms with Gasteiger partial charge in [-0.2, -0.15) is 0 Å². The Balaban J connectivity index is 2.05. The minimum absolute atomic E-state index is 0.0142. The van der Waals surface area contributed by atoms with Gasteiger partial charge in [-0.05, 0) is 50.0 Å². The van der Waals surface area contributed by atoms with Gasteiger partial charge in [0.05, 0.1) is 17.1 Å². The first-order chi connectivity index (χ1) is 14.4. The number of amides is 1. The Morgan fingerprint density at radius 3 is 2.45 bits per heavy atom. The van der Waals surface area contributed by atoms with Crippen molar-refractivity contribution in [1.82, 2.24) is 4.90 Å². The molecule has 6 N–H and O–H groups in total. The summed E-state index contributed by atoms with van der Waals surface area (Å²) in [7, 11) is 3.20. The fourth-order valence-electron chi connectivity index (χ4n) is 5.40. The summed E-state index contributed by atoms with van der Waals surface area (Å²) in [6.45, 7) is 1.72. The molecule has 9 nitrogen and oxygen atoms in total. The largest absolute Gasteiger partial charge is 0.507 e. The van der Waals surface area contributed by atoms with Crippen molar-refractivity contribution >= 4 is 28.2 Å². The Kier molecular flexibility index (Phi) is 4.62. The second-order valence-electron chi connectivity index (χ2n) is 8.62. The Bertz CT molecular complexity index is 1160. The normalized spacial score (nSPS) is 30.4. The fourth-order valence-corrected chi connectivity index (χ4v) is 5.40. The zero-order valence-corrected chi connectivity index (χ0v) is 17.3. The number of aliphatic hydroxyl groups excluding tert-OH is 1. The number of carbonyl (C=O) groups is 3. The minimum atomic E-state index is -2.66. The number of primary amides is 1. The predicted octanol–water partition coefficient (Wildman–Crippen LogP) is -0.379. The second-order valence-corrected chi connectivity index (χ2v) is 8.62. The number of ketones is 2. The van der Waals surface area contributed by atoms with E-state index in [0.29, 0.717) is 16.5 Å². The van der Waals surface area contributed by atoms with Crippen LogP contribution in [-0.4, -0.2) is 74.6 Å². The molecule has 0 spiro atoms. The average molecular weight is 428 g/mol. The summed E-state index contributed by atoms with van der Waals surface area (Å²) in [5.41, 5.74) is 3.42. The fraction of sp³-hybridized carbons (Fsp3) is 0.409. The molecule has 0 bridgehead atoms. The Morgan fingerprint density at radius 1 is 1.23 bits per heavy atom. The third-order valence-electron chi connectivity index (χ3n) is 6.87. The van der Waals surface area contributed by atoms with E-state index in [2.05, 4.69) is 0 Å². The number of hydrogen-bond acceptors (Lipinski definition) is 8. The lowest BCUT2D eigenvalue weighted by Crippen LogP contribution is -2.72. The van der Waals surface area contributed by atoms with Crippen molar-refractivity contribution in [2.45, 2.75) is 31.1 Å². The Labute approximate surface area is 177 Å². The Morgan fingerprint density at radius 2 is 1.87 bits per heavy atom. The van der Waals surface area contributed by atoms with Gasteiger partial charge in [-0.15, -0.1) is 0 Å². The highest BCUT2D eigenvalue weighted by Crippen LogP contribution is 2.50. The third kappa shape index (κ3) is 2.57. The van der Waals surface area contributed by atoms with Crippen molar-refractivity contribution in [2.75, 3.05) is 14.1 Å². The number of benzene rings is 2. The maximum Gasteiger partial charge on any atom is 0.230 e. The molecule has 0 unspecified atom stereocenters. The number of likely N-dealkylation sites (N-methyl/N-ethyl adjacent to an activating group) is 1. The molecular weight excluding hydrogens is 404 g/mol. The van der Waals surface area contributed by atoms with E-state index >= 15 is 0 Å². The third-order valence-corrected chi connectivity index (χ3v) is 6.87. The first-order valence-electron chi connectivity index (χ1n) is 9.85. The molecule has 31 heavy (non-hydrogen) atoms. The molecule has 4 rings (SSSR count). The second kappa shape index (κ2) is 6.74. The number of carbonyl (C=O) groups excluding carboxylic acids is 3. The molecule has 1 saturated carbocycles. The smallest absolute Gasteiger partial charge is 0.230 e. The maximum absolute atomic E-state index is 13.6. The highest BCUT2D eigenvalue weighted by atomic mass is 16.3. The molecular formula is C22H24N2O7. The van der Waals surface area contributed by atoms with E-state index in [1.54, 1.807) is 38.1 Å². The SMILES string of the molecule is Cc1c2c(c(O)c3c(O)cccc13)C(=O)[C@@]1(O)C(=O)[C@@H](C(N)=O)[C@@H](O)[C@H](N(C)C)[C@H]1C2. The van der Waals surface area contributed by atoms with Crippen molar-refractivity contribution < 1.29 is 34.8 Å². The summed E-state index contributed by atoms with van der Waals surface area (Å²) in [4.78, 5) is 40.3. The minimum Gasteiger partial charge on any atom is -0.507 e. The standard InChI is InChI=1S/C22H24N2O7/c1-8-9-5-4-6-12(25)13(9)17(26)14-10(8)7-11-16(24(2)3)18(27)15(21(23)30)20(29)22(11,31)19(14)28/h4-6,11,15-16,18,25-27,31H,7H2,1-3H3,(H2,23,30)/t11-,15+,16-,18-,22-/m1/s1. The first-order valence-corrected chi connectivity index (χ1v) is 9.85. The molecule has 0 heterocycles. The topological polar surface area (TPSA) is 161 Å². The number of phenolic OH excluding ortho intramolecular Hbond substituents is 2. The average Bonchev–Trinajstić information content (AvgIpc) is 2.68. The lowest BCUT2D eigenvalue weighted by molar-refractivity contribution is -0.169. The zero-order chi connectivity index (χ0) is 23.0. The van der Waals surface area contributed by atoms with Crippen LogP contribution in [0.4, 0.5) is 0 Å². The number of aliphatic hydroxyl groups is 2. The van der Waals surface area contributed by atoms with Gasteiger partial charge in [-0.1, -0.05) is 12.1 Å². The summed E-state index contributed by atoms with van der Waals surface area (Å²) >= 11 is 0. The summed E-state index contributed by atoms with van der Waals surface area (Å²) in [5, 5.41) is 44.0. The molecule has 2 aliphatic carbocycles. The molecule has 0 aliphatic heterocycles. The molecule has 1 amide bonds. The number of rotatable bonds is 2. The molecule has 0 saturated heterocycles. The first kappa shape index (κ1) is 21.2. The predicted molar refractivity (Wildman–Crippen MR) is 110 cm³/mol. The van der Waals surface area contributed by atoms with Crippen LogP contribution in [0.3, 0.4) is 0 Å². The van der Waals surface area contributed by atoms with Crippen molar-refractivity contribution in [3.05, 3.63) is 34.9 Å². The van der Waals surface area contributed by atoms with Gasteiger partial charge in [0.2, 0.25) is 11.7 Å². The highest BCUT2D eigenvalue weighted by Gasteiger charge is 2.66. The summed E-state index contributed by atoms with van der Waals surface area (Å²) < 4.78 is 0. The van der Waals surface area contributed by atoms with Crippen LogP contribution in [0.25, 0.3) is 10.8 Å². The lowest BCUT2D eigenvalue weighted by Gasteiger charge is -2.51. The molecule has 0 aromatic heterocycles. The van der Waals surface area contributed by atoms with E-state index in [0.717, 1.165) is 0 Å². The van der Waals surface area contributed by atoms with E-state index in [1.165, 1.54) is 6.07 Å².